The molecule has 0 atom stereocenters. The fourth-order valence-electron chi connectivity index (χ4n) is 3.42. The van der Waals surface area contributed by atoms with Crippen molar-refractivity contribution in [3.05, 3.63) is 95.6 Å². The van der Waals surface area contributed by atoms with Crippen molar-refractivity contribution in [3.63, 3.8) is 0 Å². The molecule has 0 saturated heterocycles. The van der Waals surface area contributed by atoms with Crippen molar-refractivity contribution in [2.24, 2.45) is 0 Å². The van der Waals surface area contributed by atoms with Crippen LogP contribution in [-0.4, -0.2) is 46.4 Å². The van der Waals surface area contributed by atoms with Crippen LogP contribution in [0.25, 0.3) is 0 Å². The second-order valence-electron chi connectivity index (χ2n) is 7.91. The minimum atomic E-state index is -0.158. The third-order valence-electron chi connectivity index (χ3n) is 5.27. The molecule has 0 spiro atoms. The largest absolute Gasteiger partial charge is 0.352 e. The van der Waals surface area contributed by atoms with E-state index < -0.39 is 0 Å². The summed E-state index contributed by atoms with van der Waals surface area (Å²) in [7, 11) is 0. The molecule has 7 heteroatoms. The van der Waals surface area contributed by atoms with E-state index in [2.05, 4.69) is 20.6 Å². The van der Waals surface area contributed by atoms with E-state index in [0.29, 0.717) is 24.2 Å². The molecule has 3 aromatic rings. The lowest BCUT2D eigenvalue weighted by Gasteiger charge is -2.08. The van der Waals surface area contributed by atoms with Gasteiger partial charge in [-0.15, -0.1) is 0 Å². The van der Waals surface area contributed by atoms with Crippen LogP contribution in [0.15, 0.2) is 73.1 Å². The first-order valence-electron chi connectivity index (χ1n) is 11.8. The van der Waals surface area contributed by atoms with Crippen LogP contribution in [0.2, 0.25) is 0 Å². The van der Waals surface area contributed by atoms with Gasteiger partial charge in [-0.1, -0.05) is 24.6 Å². The molecule has 0 aliphatic rings. The van der Waals surface area contributed by atoms with Gasteiger partial charge in [-0.2, -0.15) is 11.8 Å². The molecule has 0 radical (unpaired) electrons. The molecule has 34 heavy (non-hydrogen) atoms. The summed E-state index contributed by atoms with van der Waals surface area (Å²) in [4.78, 5) is 33.6. The number of nitrogens with one attached hydrogen (secondary N) is 2. The van der Waals surface area contributed by atoms with Crippen LogP contribution >= 0.6 is 11.8 Å². The van der Waals surface area contributed by atoms with Crippen LogP contribution in [0.3, 0.4) is 0 Å². The normalized spacial score (nSPS) is 10.6. The van der Waals surface area contributed by atoms with E-state index >= 15 is 0 Å². The second kappa shape index (κ2) is 14.9. The fraction of sp³-hybridized carbons (Fsp3) is 0.333. The van der Waals surface area contributed by atoms with Crippen LogP contribution in [-0.2, 0) is 12.8 Å². The number of hydrogen-bond donors (Lipinski definition) is 2. The summed E-state index contributed by atoms with van der Waals surface area (Å²) in [5.41, 5.74) is 3.19. The summed E-state index contributed by atoms with van der Waals surface area (Å²) >= 11 is 1.78. The molecule has 3 rings (SSSR count). The number of hydrogen-bond acceptors (Lipinski definition) is 5. The number of carbonyl (C=O) groups excluding carboxylic acids is 2. The molecule has 0 bridgehead atoms. The van der Waals surface area contributed by atoms with Gasteiger partial charge in [0.15, 0.2) is 0 Å². The second-order valence-corrected chi connectivity index (χ2v) is 9.13. The molecular weight excluding hydrogens is 444 g/mol. The highest BCUT2D eigenvalue weighted by atomic mass is 32.2. The molecule has 1 aromatic carbocycles. The molecular formula is C27H32N4O2S. The number of thioether (sulfide) groups is 1. The quantitative estimate of drug-likeness (QED) is 0.339. The number of aromatic nitrogens is 2. The highest BCUT2D eigenvalue weighted by Crippen LogP contribution is 2.08. The van der Waals surface area contributed by atoms with Gasteiger partial charge < -0.3 is 10.6 Å². The predicted octanol–water partition coefficient (Wildman–Crippen LogP) is 4.33. The summed E-state index contributed by atoms with van der Waals surface area (Å²) < 4.78 is 0. The Kier molecular flexibility index (Phi) is 11.1. The van der Waals surface area contributed by atoms with E-state index in [0.717, 1.165) is 55.0 Å². The van der Waals surface area contributed by atoms with E-state index in [-0.39, 0.29) is 11.8 Å². The molecule has 2 N–H and O–H groups in total. The first-order valence-corrected chi connectivity index (χ1v) is 12.9. The van der Waals surface area contributed by atoms with Gasteiger partial charge in [0.25, 0.3) is 11.8 Å². The predicted molar refractivity (Wildman–Crippen MR) is 138 cm³/mol. The topological polar surface area (TPSA) is 84.0 Å². The number of rotatable bonds is 14. The SMILES string of the molecule is O=C(NCCCCCc1ccccn1)c1cccc(C(=O)NCCSCCc2ccccn2)c1. The van der Waals surface area contributed by atoms with Crippen molar-refractivity contribution in [3.8, 4) is 0 Å². The summed E-state index contributed by atoms with van der Waals surface area (Å²) in [6, 6.07) is 18.8. The highest BCUT2D eigenvalue weighted by Gasteiger charge is 2.10. The zero-order valence-electron chi connectivity index (χ0n) is 19.4. The zero-order valence-corrected chi connectivity index (χ0v) is 20.2. The van der Waals surface area contributed by atoms with Gasteiger partial charge in [0.05, 0.1) is 0 Å². The number of nitrogens with zero attached hydrogens (tertiary/aromatic N) is 2. The van der Waals surface area contributed by atoms with E-state index in [4.69, 9.17) is 0 Å². The van der Waals surface area contributed by atoms with Gasteiger partial charge in [-0.3, -0.25) is 19.6 Å². The van der Waals surface area contributed by atoms with Crippen LogP contribution in [0.4, 0.5) is 0 Å². The summed E-state index contributed by atoms with van der Waals surface area (Å²) in [6.07, 6.45) is 8.48. The smallest absolute Gasteiger partial charge is 0.251 e. The third kappa shape index (κ3) is 9.35. The first kappa shape index (κ1) is 25.4. The van der Waals surface area contributed by atoms with Gasteiger partial charge in [0.2, 0.25) is 0 Å². The molecule has 0 unspecified atom stereocenters. The van der Waals surface area contributed by atoms with E-state index in [9.17, 15) is 9.59 Å². The molecule has 2 heterocycles. The van der Waals surface area contributed by atoms with Crippen molar-refractivity contribution in [1.82, 2.24) is 20.6 Å². The van der Waals surface area contributed by atoms with Crippen molar-refractivity contribution >= 4 is 23.6 Å². The number of pyridine rings is 2. The van der Waals surface area contributed by atoms with E-state index in [1.807, 2.05) is 42.6 Å². The Morgan fingerprint density at radius 2 is 1.32 bits per heavy atom. The van der Waals surface area contributed by atoms with Gasteiger partial charge in [-0.25, -0.2) is 0 Å². The van der Waals surface area contributed by atoms with Crippen molar-refractivity contribution in [1.29, 1.82) is 0 Å². The van der Waals surface area contributed by atoms with Crippen LogP contribution in [0.5, 0.6) is 0 Å². The van der Waals surface area contributed by atoms with Crippen LogP contribution in [0, 0.1) is 0 Å². The Morgan fingerprint density at radius 1 is 0.676 bits per heavy atom. The molecule has 0 aliphatic heterocycles. The van der Waals surface area contributed by atoms with Crippen LogP contribution < -0.4 is 10.6 Å². The minimum Gasteiger partial charge on any atom is -0.352 e. The molecule has 0 saturated carbocycles. The van der Waals surface area contributed by atoms with Crippen LogP contribution in [0.1, 0.15) is 51.4 Å². The first-order chi connectivity index (χ1) is 16.7. The lowest BCUT2D eigenvalue weighted by Crippen LogP contribution is -2.27. The number of carbonyl (C=O) groups is 2. The number of unbranched alkanes of at least 4 members (excludes halogenated alkanes) is 2. The summed E-state index contributed by atoms with van der Waals surface area (Å²) in [6.45, 7) is 1.20. The Morgan fingerprint density at radius 3 is 1.97 bits per heavy atom. The monoisotopic (exact) mass is 476 g/mol. The van der Waals surface area contributed by atoms with Gasteiger partial charge in [0.1, 0.15) is 0 Å². The number of benzene rings is 1. The lowest BCUT2D eigenvalue weighted by molar-refractivity contribution is 0.0952. The Hall–Kier alpha value is -3.19. The summed E-state index contributed by atoms with van der Waals surface area (Å²) in [5.74, 6) is 1.49. The number of aryl methyl sites for hydroxylation is 2. The van der Waals surface area contributed by atoms with E-state index in [1.165, 1.54) is 0 Å². The summed E-state index contributed by atoms with van der Waals surface area (Å²) in [5, 5.41) is 5.88. The molecule has 0 fully saturated rings. The Bertz CT molecular complexity index is 937. The maximum atomic E-state index is 12.5. The van der Waals surface area contributed by atoms with Gasteiger partial charge in [-0.05, 0) is 73.9 Å². The Balaban J connectivity index is 1.29. The fourth-order valence-corrected chi connectivity index (χ4v) is 4.23. The lowest BCUT2D eigenvalue weighted by atomic mass is 10.1. The van der Waals surface area contributed by atoms with E-state index in [1.54, 1.807) is 42.2 Å². The minimum absolute atomic E-state index is 0.149. The third-order valence-corrected chi connectivity index (χ3v) is 6.25. The molecule has 6 nitrogen and oxygen atoms in total. The van der Waals surface area contributed by atoms with Crippen molar-refractivity contribution in [2.75, 3.05) is 24.6 Å². The Labute approximate surface area is 206 Å². The highest BCUT2D eigenvalue weighted by molar-refractivity contribution is 7.99. The maximum Gasteiger partial charge on any atom is 0.251 e. The van der Waals surface area contributed by atoms with Crippen molar-refractivity contribution < 1.29 is 9.59 Å². The molecule has 2 aromatic heterocycles. The maximum absolute atomic E-state index is 12.5. The molecule has 0 aliphatic carbocycles. The number of amides is 2. The van der Waals surface area contributed by atoms with Crippen molar-refractivity contribution in [2.45, 2.75) is 32.1 Å². The average Bonchev–Trinajstić information content (AvgIpc) is 2.89. The van der Waals surface area contributed by atoms with Gasteiger partial charge in [0, 0.05) is 53.8 Å². The standard InChI is InChI=1S/C27H32N4O2S/c32-26(30-17-5-1-2-11-24-12-3-6-15-28-24)22-9-8-10-23(21-22)27(33)31-18-20-34-19-14-25-13-4-7-16-29-25/h3-4,6-10,12-13,15-16,21H,1-2,5,11,14,17-20H2,(H,30,32)(H,31,33). The zero-order chi connectivity index (χ0) is 23.8. The van der Waals surface area contributed by atoms with Gasteiger partial charge >= 0.3 is 0 Å². The average molecular weight is 477 g/mol. The molecule has 178 valence electrons. The molecule has 2 amide bonds.